The summed E-state index contributed by atoms with van der Waals surface area (Å²) < 4.78 is 49.0. The molecule has 1 amide bonds. The van der Waals surface area contributed by atoms with E-state index < -0.39 is 18.8 Å². The standard InChI is InChI=1S/C29H35F3N6O3/c1-28(2)17-34-25(39)22-9-5-20(6-10-22)15-24-35-26(37-27(36-24)41-19-29(30,31)32)33-16-21-7-11-23(12-8-21)40-14-4-13-38(3)18-28/h5-12H,4,13-19H2,1-3H3,(H,34,39)(H,33,35,36,37). The Labute approximate surface area is 237 Å². The van der Waals surface area contributed by atoms with Crippen LogP contribution < -0.4 is 20.1 Å². The van der Waals surface area contributed by atoms with Crippen LogP contribution in [0.15, 0.2) is 48.5 Å². The lowest BCUT2D eigenvalue weighted by atomic mass is 9.92. The van der Waals surface area contributed by atoms with Crippen LogP contribution in [-0.2, 0) is 13.0 Å². The van der Waals surface area contributed by atoms with E-state index in [1.54, 1.807) is 24.3 Å². The smallest absolute Gasteiger partial charge is 0.422 e. The summed E-state index contributed by atoms with van der Waals surface area (Å²) in [5.41, 5.74) is 2.03. The minimum atomic E-state index is -4.54. The van der Waals surface area contributed by atoms with E-state index in [9.17, 15) is 18.0 Å². The fourth-order valence-corrected chi connectivity index (χ4v) is 4.42. The van der Waals surface area contributed by atoms with Crippen LogP contribution in [0.2, 0.25) is 0 Å². The minimum absolute atomic E-state index is 0.0877. The largest absolute Gasteiger partial charge is 0.494 e. The second-order valence-corrected chi connectivity index (χ2v) is 10.9. The quantitative estimate of drug-likeness (QED) is 0.464. The summed E-state index contributed by atoms with van der Waals surface area (Å²) in [6, 6.07) is 14.0. The van der Waals surface area contributed by atoms with Gasteiger partial charge in [0.25, 0.3) is 5.91 Å². The molecule has 0 unspecified atom stereocenters. The van der Waals surface area contributed by atoms with Crippen LogP contribution in [0, 0.1) is 5.41 Å². The molecule has 5 heterocycles. The highest BCUT2D eigenvalue weighted by Gasteiger charge is 2.29. The lowest BCUT2D eigenvalue weighted by Gasteiger charge is -2.30. The second kappa shape index (κ2) is 13.2. The molecular formula is C29H35F3N6O3. The van der Waals surface area contributed by atoms with Crippen molar-refractivity contribution in [3.8, 4) is 11.8 Å². The van der Waals surface area contributed by atoms with Crippen molar-refractivity contribution in [2.45, 2.75) is 39.4 Å². The number of halogens is 3. The van der Waals surface area contributed by atoms with Crippen LogP contribution in [0.4, 0.5) is 19.1 Å². The van der Waals surface area contributed by atoms with Gasteiger partial charge in [-0.05, 0) is 54.3 Å². The van der Waals surface area contributed by atoms with Gasteiger partial charge in [-0.3, -0.25) is 4.79 Å². The highest BCUT2D eigenvalue weighted by molar-refractivity contribution is 5.94. The Morgan fingerprint density at radius 2 is 1.71 bits per heavy atom. The number of nitrogens with one attached hydrogen (secondary N) is 2. The third-order valence-corrected chi connectivity index (χ3v) is 6.36. The van der Waals surface area contributed by atoms with Crippen molar-refractivity contribution in [1.29, 1.82) is 0 Å². The minimum Gasteiger partial charge on any atom is -0.494 e. The summed E-state index contributed by atoms with van der Waals surface area (Å²) in [6.07, 6.45) is -3.49. The molecule has 1 aromatic heterocycles. The number of nitrogens with zero attached hydrogens (tertiary/aromatic N) is 4. The number of rotatable bonds is 2. The average molecular weight is 573 g/mol. The number of alkyl halides is 3. The third kappa shape index (κ3) is 9.89. The molecule has 2 aromatic carbocycles. The van der Waals surface area contributed by atoms with E-state index in [4.69, 9.17) is 9.47 Å². The first-order valence-corrected chi connectivity index (χ1v) is 13.4. The van der Waals surface area contributed by atoms with Crippen LogP contribution in [0.5, 0.6) is 11.8 Å². The van der Waals surface area contributed by atoms with E-state index in [1.165, 1.54) is 0 Å². The van der Waals surface area contributed by atoms with E-state index in [-0.39, 0.29) is 29.5 Å². The van der Waals surface area contributed by atoms with Crippen molar-refractivity contribution in [1.82, 2.24) is 25.2 Å². The Morgan fingerprint density at radius 3 is 2.41 bits per heavy atom. The van der Waals surface area contributed by atoms with Gasteiger partial charge < -0.3 is 25.0 Å². The summed E-state index contributed by atoms with van der Waals surface area (Å²) in [7, 11) is 2.06. The van der Waals surface area contributed by atoms with Gasteiger partial charge in [0, 0.05) is 38.2 Å². The van der Waals surface area contributed by atoms with Crippen molar-refractivity contribution in [3.05, 3.63) is 71.0 Å². The Balaban J connectivity index is 1.57. The Kier molecular flexibility index (Phi) is 9.64. The summed E-state index contributed by atoms with van der Waals surface area (Å²) in [5, 5.41) is 6.05. The van der Waals surface area contributed by atoms with Crippen LogP contribution in [0.25, 0.3) is 0 Å². The monoisotopic (exact) mass is 572 g/mol. The van der Waals surface area contributed by atoms with E-state index in [0.717, 1.165) is 36.4 Å². The van der Waals surface area contributed by atoms with E-state index in [0.29, 0.717) is 25.3 Å². The summed E-state index contributed by atoms with van der Waals surface area (Å²) >= 11 is 0. The molecule has 4 aliphatic heterocycles. The molecule has 0 saturated carbocycles. The Hall–Kier alpha value is -3.93. The van der Waals surface area contributed by atoms with Crippen molar-refractivity contribution >= 4 is 11.9 Å². The van der Waals surface area contributed by atoms with Gasteiger partial charge in [-0.1, -0.05) is 38.1 Å². The van der Waals surface area contributed by atoms with Gasteiger partial charge in [0.2, 0.25) is 5.95 Å². The van der Waals surface area contributed by atoms with Crippen molar-refractivity contribution < 1.29 is 27.4 Å². The van der Waals surface area contributed by atoms with Crippen LogP contribution in [-0.4, -0.2) is 71.8 Å². The molecule has 2 N–H and O–H groups in total. The highest BCUT2D eigenvalue weighted by Crippen LogP contribution is 2.20. The van der Waals surface area contributed by atoms with Gasteiger partial charge in [0.05, 0.1) is 6.61 Å². The molecule has 0 fully saturated rings. The number of hydrogen-bond acceptors (Lipinski definition) is 8. The molecule has 0 atom stereocenters. The molecule has 4 aliphatic rings. The molecule has 12 heteroatoms. The summed E-state index contributed by atoms with van der Waals surface area (Å²) in [5.74, 6) is 0.866. The molecule has 0 saturated heterocycles. The van der Waals surface area contributed by atoms with Crippen LogP contribution in [0.1, 0.15) is 47.6 Å². The van der Waals surface area contributed by atoms with Gasteiger partial charge in [0.1, 0.15) is 11.6 Å². The second-order valence-electron chi connectivity index (χ2n) is 10.9. The van der Waals surface area contributed by atoms with Gasteiger partial charge in [-0.2, -0.15) is 28.1 Å². The lowest BCUT2D eigenvalue weighted by molar-refractivity contribution is -0.154. The lowest BCUT2D eigenvalue weighted by Crippen LogP contribution is -2.41. The van der Waals surface area contributed by atoms with E-state index >= 15 is 0 Å². The molecule has 0 radical (unpaired) electrons. The molecule has 0 spiro atoms. The maximum atomic E-state index is 12.8. The number of benzene rings is 2. The molecule has 6 bridgehead atoms. The van der Waals surface area contributed by atoms with E-state index in [1.807, 2.05) is 24.3 Å². The number of aromatic nitrogens is 3. The van der Waals surface area contributed by atoms with Gasteiger partial charge in [0.15, 0.2) is 6.61 Å². The van der Waals surface area contributed by atoms with E-state index in [2.05, 4.69) is 51.4 Å². The molecule has 41 heavy (non-hydrogen) atoms. The fourth-order valence-electron chi connectivity index (χ4n) is 4.42. The van der Waals surface area contributed by atoms with Gasteiger partial charge >= 0.3 is 12.2 Å². The zero-order valence-corrected chi connectivity index (χ0v) is 23.4. The number of amides is 1. The predicted molar refractivity (Wildman–Crippen MR) is 148 cm³/mol. The maximum Gasteiger partial charge on any atom is 0.422 e. The van der Waals surface area contributed by atoms with Crippen LogP contribution in [0.3, 0.4) is 0 Å². The molecule has 220 valence electrons. The highest BCUT2D eigenvalue weighted by atomic mass is 19.4. The first-order chi connectivity index (χ1) is 19.4. The fraction of sp³-hybridized carbons (Fsp3) is 0.448. The summed E-state index contributed by atoms with van der Waals surface area (Å²) in [4.78, 5) is 27.5. The number of carbonyl (C=O) groups is 1. The van der Waals surface area contributed by atoms with Gasteiger partial charge in [-0.15, -0.1) is 0 Å². The van der Waals surface area contributed by atoms with Crippen LogP contribution >= 0.6 is 0 Å². The number of anilines is 1. The third-order valence-electron chi connectivity index (χ3n) is 6.36. The van der Waals surface area contributed by atoms with Crippen molar-refractivity contribution in [3.63, 3.8) is 0 Å². The average Bonchev–Trinajstić information content (AvgIpc) is 2.92. The van der Waals surface area contributed by atoms with Crippen molar-refractivity contribution in [2.24, 2.45) is 5.41 Å². The SMILES string of the molecule is CN1CCCOc2ccc(cc2)CNc2nc(nc(OCC(F)(F)F)n2)Cc2ccc(cc2)C(=O)NCC(C)(C)C1. The number of carbonyl (C=O) groups excluding carboxylic acids is 1. The maximum absolute atomic E-state index is 12.8. The zero-order valence-electron chi connectivity index (χ0n) is 23.4. The van der Waals surface area contributed by atoms with Crippen molar-refractivity contribution in [2.75, 3.05) is 45.2 Å². The molecular weight excluding hydrogens is 537 g/mol. The molecule has 9 nitrogen and oxygen atoms in total. The zero-order chi connectivity index (χ0) is 29.5. The first-order valence-electron chi connectivity index (χ1n) is 13.4. The Morgan fingerprint density at radius 1 is 1.00 bits per heavy atom. The topological polar surface area (TPSA) is 102 Å². The number of ether oxygens (including phenoxy) is 2. The first kappa shape index (κ1) is 30.0. The number of hydrogen-bond donors (Lipinski definition) is 2. The molecule has 7 rings (SSSR count). The molecule has 0 aliphatic carbocycles. The predicted octanol–water partition coefficient (Wildman–Crippen LogP) is 4.49. The normalized spacial score (nSPS) is 17.2. The molecule has 3 aromatic rings. The summed E-state index contributed by atoms with van der Waals surface area (Å²) in [6.45, 7) is 5.74. The van der Waals surface area contributed by atoms with Gasteiger partial charge in [-0.25, -0.2) is 0 Å². The Bertz CT molecular complexity index is 1300.